The van der Waals surface area contributed by atoms with Crippen LogP contribution in [0, 0.1) is 5.92 Å². The van der Waals surface area contributed by atoms with Crippen molar-refractivity contribution in [3.8, 4) is 0 Å². The van der Waals surface area contributed by atoms with Crippen molar-refractivity contribution in [1.29, 1.82) is 0 Å². The second-order valence-corrected chi connectivity index (χ2v) is 6.29. The molecule has 108 valence electrons. The Labute approximate surface area is 121 Å². The SMILES string of the molecule is NC1CCC(C(=O)N2CCCC2Cc2ccccc2)C1. The van der Waals surface area contributed by atoms with Crippen LogP contribution in [-0.4, -0.2) is 29.4 Å². The van der Waals surface area contributed by atoms with Crippen LogP contribution in [0.25, 0.3) is 0 Å². The predicted octanol–water partition coefficient (Wildman–Crippen LogP) is 2.35. The summed E-state index contributed by atoms with van der Waals surface area (Å²) in [5.41, 5.74) is 7.28. The van der Waals surface area contributed by atoms with Gasteiger partial charge >= 0.3 is 0 Å². The number of likely N-dealkylation sites (tertiary alicyclic amines) is 1. The first-order chi connectivity index (χ1) is 9.74. The Kier molecular flexibility index (Phi) is 4.06. The van der Waals surface area contributed by atoms with Gasteiger partial charge in [-0.05, 0) is 44.1 Å². The topological polar surface area (TPSA) is 46.3 Å². The molecule has 1 saturated heterocycles. The molecule has 0 bridgehead atoms. The van der Waals surface area contributed by atoms with Gasteiger partial charge in [-0.1, -0.05) is 30.3 Å². The van der Waals surface area contributed by atoms with Crippen LogP contribution in [0.1, 0.15) is 37.7 Å². The molecule has 2 fully saturated rings. The van der Waals surface area contributed by atoms with E-state index in [4.69, 9.17) is 5.73 Å². The molecule has 0 radical (unpaired) electrons. The van der Waals surface area contributed by atoms with Crippen molar-refractivity contribution in [1.82, 2.24) is 4.90 Å². The molecule has 2 N–H and O–H groups in total. The second kappa shape index (κ2) is 5.96. The Hall–Kier alpha value is -1.35. The summed E-state index contributed by atoms with van der Waals surface area (Å²) in [5, 5.41) is 0. The number of hydrogen-bond donors (Lipinski definition) is 1. The molecule has 1 aliphatic heterocycles. The Morgan fingerprint density at radius 2 is 2.00 bits per heavy atom. The van der Waals surface area contributed by atoms with Gasteiger partial charge < -0.3 is 10.6 Å². The number of benzene rings is 1. The lowest BCUT2D eigenvalue weighted by molar-refractivity contribution is -0.136. The van der Waals surface area contributed by atoms with E-state index in [0.717, 1.165) is 45.1 Å². The number of carbonyl (C=O) groups is 1. The molecule has 1 aromatic carbocycles. The first-order valence-electron chi connectivity index (χ1n) is 7.84. The number of nitrogens with zero attached hydrogens (tertiary/aromatic N) is 1. The van der Waals surface area contributed by atoms with Crippen molar-refractivity contribution in [2.75, 3.05) is 6.54 Å². The summed E-state index contributed by atoms with van der Waals surface area (Å²) < 4.78 is 0. The third-order valence-corrected chi connectivity index (χ3v) is 4.80. The monoisotopic (exact) mass is 272 g/mol. The van der Waals surface area contributed by atoms with E-state index in [1.807, 2.05) is 6.07 Å². The number of carbonyl (C=O) groups excluding carboxylic acids is 1. The van der Waals surface area contributed by atoms with Crippen LogP contribution >= 0.6 is 0 Å². The molecular formula is C17H24N2O. The van der Waals surface area contributed by atoms with E-state index in [9.17, 15) is 4.79 Å². The molecule has 3 heteroatoms. The summed E-state index contributed by atoms with van der Waals surface area (Å²) in [4.78, 5) is 14.8. The van der Waals surface area contributed by atoms with Gasteiger partial charge in [0, 0.05) is 24.5 Å². The fourth-order valence-corrected chi connectivity index (χ4v) is 3.70. The highest BCUT2D eigenvalue weighted by atomic mass is 16.2. The van der Waals surface area contributed by atoms with Crippen LogP contribution in [0.5, 0.6) is 0 Å². The minimum absolute atomic E-state index is 0.182. The standard InChI is InChI=1S/C17H24N2O/c18-15-9-8-14(12-15)17(20)19-10-4-7-16(19)11-13-5-2-1-3-6-13/h1-3,5-6,14-16H,4,7-12,18H2. The maximum Gasteiger partial charge on any atom is 0.226 e. The van der Waals surface area contributed by atoms with Crippen molar-refractivity contribution in [2.45, 2.75) is 50.6 Å². The summed E-state index contributed by atoms with van der Waals surface area (Å²) in [6, 6.07) is 11.1. The van der Waals surface area contributed by atoms with Gasteiger partial charge in [-0.2, -0.15) is 0 Å². The average Bonchev–Trinajstić information content (AvgIpc) is 3.08. The second-order valence-electron chi connectivity index (χ2n) is 6.29. The number of amides is 1. The van der Waals surface area contributed by atoms with E-state index < -0.39 is 0 Å². The van der Waals surface area contributed by atoms with Gasteiger partial charge in [-0.3, -0.25) is 4.79 Å². The fraction of sp³-hybridized carbons (Fsp3) is 0.588. The van der Waals surface area contributed by atoms with Gasteiger partial charge in [0.2, 0.25) is 5.91 Å². The summed E-state index contributed by atoms with van der Waals surface area (Å²) in [6.07, 6.45) is 6.14. The van der Waals surface area contributed by atoms with Crippen molar-refractivity contribution in [3.63, 3.8) is 0 Å². The molecule has 0 spiro atoms. The molecule has 20 heavy (non-hydrogen) atoms. The molecule has 1 heterocycles. The molecule has 0 aromatic heterocycles. The Morgan fingerprint density at radius 3 is 2.70 bits per heavy atom. The van der Waals surface area contributed by atoms with Crippen molar-refractivity contribution >= 4 is 5.91 Å². The normalized spacial score (nSPS) is 29.9. The maximum atomic E-state index is 12.7. The zero-order valence-corrected chi connectivity index (χ0v) is 12.0. The number of rotatable bonds is 3. The summed E-state index contributed by atoms with van der Waals surface area (Å²) in [5.74, 6) is 0.540. The smallest absolute Gasteiger partial charge is 0.226 e. The molecule has 1 saturated carbocycles. The summed E-state index contributed by atoms with van der Waals surface area (Å²) in [6.45, 7) is 0.933. The average molecular weight is 272 g/mol. The molecule has 3 unspecified atom stereocenters. The van der Waals surface area contributed by atoms with Crippen LogP contribution in [0.2, 0.25) is 0 Å². The molecule has 3 atom stereocenters. The van der Waals surface area contributed by atoms with Gasteiger partial charge in [-0.15, -0.1) is 0 Å². The Bertz CT molecular complexity index is 459. The van der Waals surface area contributed by atoms with Crippen molar-refractivity contribution in [3.05, 3.63) is 35.9 Å². The lowest BCUT2D eigenvalue weighted by atomic mass is 10.0. The van der Waals surface area contributed by atoms with E-state index in [1.54, 1.807) is 0 Å². The van der Waals surface area contributed by atoms with Gasteiger partial charge in [0.25, 0.3) is 0 Å². The molecule has 1 aliphatic carbocycles. The maximum absolute atomic E-state index is 12.7. The van der Waals surface area contributed by atoms with Gasteiger partial charge in [0.1, 0.15) is 0 Å². The zero-order valence-electron chi connectivity index (χ0n) is 12.0. The third-order valence-electron chi connectivity index (χ3n) is 4.80. The highest BCUT2D eigenvalue weighted by molar-refractivity contribution is 5.79. The first kappa shape index (κ1) is 13.6. The summed E-state index contributed by atoms with van der Waals surface area (Å²) in [7, 11) is 0. The quantitative estimate of drug-likeness (QED) is 0.918. The highest BCUT2D eigenvalue weighted by Crippen LogP contribution is 2.30. The van der Waals surface area contributed by atoms with Crippen LogP contribution in [0.4, 0.5) is 0 Å². The largest absolute Gasteiger partial charge is 0.339 e. The van der Waals surface area contributed by atoms with Gasteiger partial charge in [0.05, 0.1) is 0 Å². The van der Waals surface area contributed by atoms with E-state index in [0.29, 0.717) is 11.9 Å². The van der Waals surface area contributed by atoms with E-state index in [1.165, 1.54) is 5.56 Å². The lowest BCUT2D eigenvalue weighted by Gasteiger charge is -2.27. The predicted molar refractivity (Wildman–Crippen MR) is 80.2 cm³/mol. The first-order valence-corrected chi connectivity index (χ1v) is 7.84. The van der Waals surface area contributed by atoms with Crippen LogP contribution in [-0.2, 0) is 11.2 Å². The molecule has 3 rings (SSSR count). The number of hydrogen-bond acceptors (Lipinski definition) is 2. The molecule has 1 aromatic rings. The number of nitrogens with two attached hydrogens (primary N) is 1. The minimum atomic E-state index is 0.182. The van der Waals surface area contributed by atoms with E-state index in [2.05, 4.69) is 29.2 Å². The molecule has 2 aliphatic rings. The molecular weight excluding hydrogens is 248 g/mol. The fourth-order valence-electron chi connectivity index (χ4n) is 3.70. The molecule has 3 nitrogen and oxygen atoms in total. The highest BCUT2D eigenvalue weighted by Gasteiger charge is 2.36. The van der Waals surface area contributed by atoms with Gasteiger partial charge in [0.15, 0.2) is 0 Å². The van der Waals surface area contributed by atoms with Crippen LogP contribution in [0.15, 0.2) is 30.3 Å². The van der Waals surface area contributed by atoms with Crippen molar-refractivity contribution in [2.24, 2.45) is 11.7 Å². The third kappa shape index (κ3) is 2.88. The Morgan fingerprint density at radius 1 is 1.20 bits per heavy atom. The van der Waals surface area contributed by atoms with Crippen molar-refractivity contribution < 1.29 is 4.79 Å². The van der Waals surface area contributed by atoms with Crippen LogP contribution in [0.3, 0.4) is 0 Å². The lowest BCUT2D eigenvalue weighted by Crippen LogP contribution is -2.40. The molecule has 1 amide bonds. The van der Waals surface area contributed by atoms with Gasteiger partial charge in [-0.25, -0.2) is 0 Å². The van der Waals surface area contributed by atoms with Crippen LogP contribution < -0.4 is 5.73 Å². The minimum Gasteiger partial charge on any atom is -0.339 e. The van der Waals surface area contributed by atoms with E-state index in [-0.39, 0.29) is 12.0 Å². The summed E-state index contributed by atoms with van der Waals surface area (Å²) >= 11 is 0. The zero-order chi connectivity index (χ0) is 13.9. The van der Waals surface area contributed by atoms with E-state index >= 15 is 0 Å². The Balaban J connectivity index is 1.65.